The number of nitrogens with one attached hydrogen (secondary N) is 1. The van der Waals surface area contributed by atoms with Gasteiger partial charge in [0.1, 0.15) is 5.65 Å². The van der Waals surface area contributed by atoms with E-state index in [0.717, 1.165) is 10.9 Å². The van der Waals surface area contributed by atoms with E-state index in [1.807, 2.05) is 6.92 Å². The normalized spacial score (nSPS) is 10.7. The van der Waals surface area contributed by atoms with Crippen molar-refractivity contribution in [1.82, 2.24) is 9.97 Å². The van der Waals surface area contributed by atoms with Gasteiger partial charge in [-0.15, -0.1) is 0 Å². The summed E-state index contributed by atoms with van der Waals surface area (Å²) < 4.78 is 0. The summed E-state index contributed by atoms with van der Waals surface area (Å²) in [7, 11) is -1.44. The summed E-state index contributed by atoms with van der Waals surface area (Å²) in [5.74, 6) is 0. The number of rotatable bonds is 1. The van der Waals surface area contributed by atoms with E-state index in [0.29, 0.717) is 11.1 Å². The van der Waals surface area contributed by atoms with Crippen LogP contribution in [0.25, 0.3) is 11.0 Å². The SMILES string of the molecule is Cc1c[nH]c2nccc(B(O)O)c12. The van der Waals surface area contributed by atoms with Gasteiger partial charge in [0, 0.05) is 17.8 Å². The van der Waals surface area contributed by atoms with E-state index in [9.17, 15) is 0 Å². The molecule has 0 saturated carbocycles. The number of hydrogen-bond donors (Lipinski definition) is 3. The fraction of sp³-hybridized carbons (Fsp3) is 0.125. The fourth-order valence-electron chi connectivity index (χ4n) is 1.46. The number of H-pyrrole nitrogens is 1. The second-order valence-corrected chi connectivity index (χ2v) is 2.97. The van der Waals surface area contributed by atoms with Crippen LogP contribution in [0.1, 0.15) is 5.56 Å². The third kappa shape index (κ3) is 1.22. The van der Waals surface area contributed by atoms with Crippen molar-refractivity contribution < 1.29 is 10.0 Å². The van der Waals surface area contributed by atoms with Crippen LogP contribution < -0.4 is 5.46 Å². The van der Waals surface area contributed by atoms with Gasteiger partial charge in [0.25, 0.3) is 0 Å². The van der Waals surface area contributed by atoms with Gasteiger partial charge in [-0.1, -0.05) is 0 Å². The fourth-order valence-corrected chi connectivity index (χ4v) is 1.46. The highest BCUT2D eigenvalue weighted by Crippen LogP contribution is 2.12. The van der Waals surface area contributed by atoms with Crippen LogP contribution in [0.15, 0.2) is 18.5 Å². The third-order valence-corrected chi connectivity index (χ3v) is 2.08. The Morgan fingerprint density at radius 2 is 2.23 bits per heavy atom. The smallest absolute Gasteiger partial charge is 0.423 e. The molecule has 3 N–H and O–H groups in total. The van der Waals surface area contributed by atoms with E-state index in [1.165, 1.54) is 0 Å². The Balaban J connectivity index is 2.80. The molecule has 0 spiro atoms. The van der Waals surface area contributed by atoms with Crippen molar-refractivity contribution in [3.05, 3.63) is 24.0 Å². The highest BCUT2D eigenvalue weighted by Gasteiger charge is 2.16. The van der Waals surface area contributed by atoms with Gasteiger partial charge in [0.2, 0.25) is 0 Å². The third-order valence-electron chi connectivity index (χ3n) is 2.08. The van der Waals surface area contributed by atoms with Crippen LogP contribution in [0.3, 0.4) is 0 Å². The number of pyridine rings is 1. The zero-order chi connectivity index (χ0) is 9.42. The van der Waals surface area contributed by atoms with Gasteiger partial charge < -0.3 is 15.0 Å². The lowest BCUT2D eigenvalue weighted by Crippen LogP contribution is -2.30. The molecule has 0 aliphatic carbocycles. The van der Waals surface area contributed by atoms with Crippen molar-refractivity contribution >= 4 is 23.6 Å². The second kappa shape index (κ2) is 2.87. The van der Waals surface area contributed by atoms with Crippen LogP contribution in [0.5, 0.6) is 0 Å². The molecule has 0 bridgehead atoms. The van der Waals surface area contributed by atoms with Crippen molar-refractivity contribution in [2.75, 3.05) is 0 Å². The first kappa shape index (κ1) is 8.28. The lowest BCUT2D eigenvalue weighted by molar-refractivity contribution is 0.426. The number of aromatic nitrogens is 2. The topological polar surface area (TPSA) is 69.1 Å². The minimum Gasteiger partial charge on any atom is -0.423 e. The average Bonchev–Trinajstić information content (AvgIpc) is 2.48. The number of aryl methyl sites for hydroxylation is 1. The minimum atomic E-state index is -1.44. The van der Waals surface area contributed by atoms with Gasteiger partial charge in [-0.2, -0.15) is 0 Å². The number of hydrogen-bond acceptors (Lipinski definition) is 3. The lowest BCUT2D eigenvalue weighted by atomic mass is 9.78. The summed E-state index contributed by atoms with van der Waals surface area (Å²) in [6.45, 7) is 1.90. The Hall–Kier alpha value is -1.33. The van der Waals surface area contributed by atoms with Crippen LogP contribution in [-0.4, -0.2) is 27.1 Å². The van der Waals surface area contributed by atoms with E-state index in [2.05, 4.69) is 9.97 Å². The zero-order valence-electron chi connectivity index (χ0n) is 7.15. The maximum atomic E-state index is 9.08. The largest absolute Gasteiger partial charge is 0.489 e. The Labute approximate surface area is 75.4 Å². The molecule has 5 heteroatoms. The Kier molecular flexibility index (Phi) is 1.83. The van der Waals surface area contributed by atoms with Crippen LogP contribution in [-0.2, 0) is 0 Å². The second-order valence-electron chi connectivity index (χ2n) is 2.97. The van der Waals surface area contributed by atoms with Crippen molar-refractivity contribution in [1.29, 1.82) is 0 Å². The van der Waals surface area contributed by atoms with Crippen molar-refractivity contribution in [3.8, 4) is 0 Å². The van der Waals surface area contributed by atoms with Gasteiger partial charge in [-0.05, 0) is 24.0 Å². The van der Waals surface area contributed by atoms with Crippen molar-refractivity contribution in [3.63, 3.8) is 0 Å². The van der Waals surface area contributed by atoms with E-state index in [1.54, 1.807) is 18.5 Å². The molecule has 2 rings (SSSR count). The predicted molar refractivity (Wildman–Crippen MR) is 50.7 cm³/mol. The number of aromatic amines is 1. The molecular weight excluding hydrogens is 167 g/mol. The Bertz CT molecular complexity index is 439. The minimum absolute atomic E-state index is 0.490. The molecule has 0 aromatic carbocycles. The summed E-state index contributed by atoms with van der Waals surface area (Å²) >= 11 is 0. The van der Waals surface area contributed by atoms with Gasteiger partial charge in [-0.3, -0.25) is 0 Å². The molecule has 2 heterocycles. The van der Waals surface area contributed by atoms with Crippen LogP contribution in [0.4, 0.5) is 0 Å². The van der Waals surface area contributed by atoms with E-state index < -0.39 is 7.12 Å². The first-order chi connectivity index (χ1) is 6.20. The molecule has 0 atom stereocenters. The average molecular weight is 176 g/mol. The predicted octanol–water partition coefficient (Wildman–Crippen LogP) is -0.449. The molecule has 4 nitrogen and oxygen atoms in total. The Morgan fingerprint density at radius 3 is 2.92 bits per heavy atom. The first-order valence-corrected chi connectivity index (χ1v) is 3.99. The van der Waals surface area contributed by atoms with Gasteiger partial charge in [-0.25, -0.2) is 4.98 Å². The van der Waals surface area contributed by atoms with Gasteiger partial charge in [0.15, 0.2) is 0 Å². The van der Waals surface area contributed by atoms with E-state index >= 15 is 0 Å². The Morgan fingerprint density at radius 1 is 1.46 bits per heavy atom. The van der Waals surface area contributed by atoms with Crippen molar-refractivity contribution in [2.24, 2.45) is 0 Å². The van der Waals surface area contributed by atoms with Crippen LogP contribution >= 0.6 is 0 Å². The summed E-state index contributed by atoms with van der Waals surface area (Å²) in [5, 5.41) is 18.9. The monoisotopic (exact) mass is 176 g/mol. The maximum absolute atomic E-state index is 9.08. The summed E-state index contributed by atoms with van der Waals surface area (Å²) in [4.78, 5) is 7.02. The molecule has 0 aliphatic heterocycles. The van der Waals surface area contributed by atoms with E-state index in [-0.39, 0.29) is 0 Å². The standard InChI is InChI=1S/C8H9BN2O2/c1-5-4-11-8-7(5)6(9(12)13)2-3-10-8/h2-4,12-13H,1H3,(H,10,11). The summed E-state index contributed by atoms with van der Waals surface area (Å²) in [6, 6.07) is 1.60. The number of nitrogens with zero attached hydrogens (tertiary/aromatic N) is 1. The van der Waals surface area contributed by atoms with Crippen LogP contribution in [0.2, 0.25) is 0 Å². The maximum Gasteiger partial charge on any atom is 0.489 e. The summed E-state index contributed by atoms with van der Waals surface area (Å²) in [6.07, 6.45) is 3.34. The van der Waals surface area contributed by atoms with Crippen molar-refractivity contribution in [2.45, 2.75) is 6.92 Å². The molecule has 0 unspecified atom stereocenters. The summed E-state index contributed by atoms with van der Waals surface area (Å²) in [5.41, 5.74) is 2.14. The van der Waals surface area contributed by atoms with E-state index in [4.69, 9.17) is 10.0 Å². The molecule has 0 amide bonds. The van der Waals surface area contributed by atoms with Gasteiger partial charge in [0.05, 0.1) is 0 Å². The molecule has 13 heavy (non-hydrogen) atoms. The quantitative estimate of drug-likeness (QED) is 0.515. The first-order valence-electron chi connectivity index (χ1n) is 3.99. The molecule has 0 aliphatic rings. The number of fused-ring (bicyclic) bond motifs is 1. The molecule has 66 valence electrons. The van der Waals surface area contributed by atoms with Crippen LogP contribution in [0, 0.1) is 6.92 Å². The molecule has 0 saturated heterocycles. The molecule has 0 fully saturated rings. The molecular formula is C8H9BN2O2. The lowest BCUT2D eigenvalue weighted by Gasteiger charge is -2.01. The zero-order valence-corrected chi connectivity index (χ0v) is 7.15. The molecule has 2 aromatic rings. The molecule has 0 radical (unpaired) electrons. The van der Waals surface area contributed by atoms with Gasteiger partial charge >= 0.3 is 7.12 Å². The highest BCUT2D eigenvalue weighted by atomic mass is 16.4. The highest BCUT2D eigenvalue weighted by molar-refractivity contribution is 6.61. The molecule has 2 aromatic heterocycles.